The van der Waals surface area contributed by atoms with Crippen LogP contribution in [0.4, 0.5) is 11.6 Å². The molecule has 7 nitrogen and oxygen atoms in total. The van der Waals surface area contributed by atoms with Crippen molar-refractivity contribution in [3.63, 3.8) is 0 Å². The molecule has 0 radical (unpaired) electrons. The number of nitrogen functional groups attached to an aromatic ring is 1. The average Bonchev–Trinajstić information content (AvgIpc) is 3.04. The fourth-order valence-electron chi connectivity index (χ4n) is 3.39. The normalized spacial score (nSPS) is 16.7. The Labute approximate surface area is 146 Å². The molecule has 2 aromatic heterocycles. The van der Waals surface area contributed by atoms with Gasteiger partial charge in [0, 0.05) is 19.0 Å². The van der Waals surface area contributed by atoms with Crippen molar-refractivity contribution in [3.05, 3.63) is 59.9 Å². The van der Waals surface area contributed by atoms with Crippen molar-refractivity contribution in [2.75, 3.05) is 17.2 Å². The van der Waals surface area contributed by atoms with Crippen molar-refractivity contribution in [3.8, 4) is 0 Å². The summed E-state index contributed by atoms with van der Waals surface area (Å²) >= 11 is 0. The van der Waals surface area contributed by atoms with Gasteiger partial charge in [-0.25, -0.2) is 9.97 Å². The van der Waals surface area contributed by atoms with E-state index in [-0.39, 0.29) is 6.04 Å². The highest BCUT2D eigenvalue weighted by atomic mass is 15.4. The summed E-state index contributed by atoms with van der Waals surface area (Å²) in [7, 11) is 0. The first-order valence-electron chi connectivity index (χ1n) is 8.50. The molecule has 1 atom stereocenters. The van der Waals surface area contributed by atoms with Crippen molar-refractivity contribution < 1.29 is 0 Å². The van der Waals surface area contributed by atoms with Crippen LogP contribution in [0.2, 0.25) is 0 Å². The van der Waals surface area contributed by atoms with Gasteiger partial charge in [-0.2, -0.15) is 0 Å². The SMILES string of the molecule is C[C@H]1CN(c2cc(N)ncn2)Cc2nnc(CCc3ccccc3)n21. The van der Waals surface area contributed by atoms with Crippen LogP contribution >= 0.6 is 0 Å². The molecule has 25 heavy (non-hydrogen) atoms. The van der Waals surface area contributed by atoms with Crippen LogP contribution < -0.4 is 10.6 Å². The summed E-state index contributed by atoms with van der Waals surface area (Å²) in [5.74, 6) is 3.33. The van der Waals surface area contributed by atoms with Gasteiger partial charge in [-0.1, -0.05) is 30.3 Å². The molecule has 1 aliphatic heterocycles. The highest BCUT2D eigenvalue weighted by Crippen LogP contribution is 2.26. The van der Waals surface area contributed by atoms with E-state index in [0.29, 0.717) is 12.4 Å². The second-order valence-corrected chi connectivity index (χ2v) is 6.42. The van der Waals surface area contributed by atoms with E-state index in [4.69, 9.17) is 5.73 Å². The molecule has 1 aliphatic rings. The number of nitrogens with zero attached hydrogens (tertiary/aromatic N) is 6. The minimum atomic E-state index is 0.278. The van der Waals surface area contributed by atoms with E-state index in [1.165, 1.54) is 11.9 Å². The Morgan fingerprint density at radius 2 is 1.96 bits per heavy atom. The van der Waals surface area contributed by atoms with Crippen molar-refractivity contribution in [2.45, 2.75) is 32.4 Å². The molecule has 0 fully saturated rings. The molecule has 0 bridgehead atoms. The molecule has 4 rings (SSSR count). The number of fused-ring (bicyclic) bond motifs is 1. The van der Waals surface area contributed by atoms with Crippen LogP contribution in [0.15, 0.2) is 42.7 Å². The van der Waals surface area contributed by atoms with E-state index in [1.807, 2.05) is 6.07 Å². The van der Waals surface area contributed by atoms with Crippen LogP contribution in [0.3, 0.4) is 0 Å². The van der Waals surface area contributed by atoms with Crippen molar-refractivity contribution >= 4 is 11.6 Å². The Morgan fingerprint density at radius 3 is 2.76 bits per heavy atom. The third kappa shape index (κ3) is 3.17. The van der Waals surface area contributed by atoms with E-state index in [0.717, 1.165) is 36.9 Å². The van der Waals surface area contributed by atoms with E-state index in [1.54, 1.807) is 6.07 Å². The largest absolute Gasteiger partial charge is 0.384 e. The second kappa shape index (κ2) is 6.51. The van der Waals surface area contributed by atoms with Crippen LogP contribution in [0.5, 0.6) is 0 Å². The zero-order valence-electron chi connectivity index (χ0n) is 14.2. The van der Waals surface area contributed by atoms with Crippen LogP contribution in [-0.2, 0) is 19.4 Å². The maximum absolute atomic E-state index is 5.78. The van der Waals surface area contributed by atoms with E-state index >= 15 is 0 Å². The molecule has 7 heteroatoms. The van der Waals surface area contributed by atoms with Crippen molar-refractivity contribution in [1.29, 1.82) is 0 Å². The van der Waals surface area contributed by atoms with Gasteiger partial charge in [0.05, 0.1) is 12.6 Å². The first-order valence-corrected chi connectivity index (χ1v) is 8.50. The zero-order valence-corrected chi connectivity index (χ0v) is 14.2. The third-order valence-electron chi connectivity index (χ3n) is 4.57. The summed E-state index contributed by atoms with van der Waals surface area (Å²) in [5, 5.41) is 8.85. The van der Waals surface area contributed by atoms with Gasteiger partial charge < -0.3 is 15.2 Å². The number of aromatic nitrogens is 5. The molecular formula is C18H21N7. The summed E-state index contributed by atoms with van der Waals surface area (Å²) in [6, 6.07) is 12.6. The van der Waals surface area contributed by atoms with Gasteiger partial charge in [-0.05, 0) is 18.9 Å². The van der Waals surface area contributed by atoms with Gasteiger partial charge >= 0.3 is 0 Å². The Hall–Kier alpha value is -2.96. The quantitative estimate of drug-likeness (QED) is 0.785. The fourth-order valence-corrected chi connectivity index (χ4v) is 3.39. The molecule has 0 saturated heterocycles. The molecule has 3 aromatic rings. The predicted molar refractivity (Wildman–Crippen MR) is 96.1 cm³/mol. The number of hydrogen-bond acceptors (Lipinski definition) is 6. The highest BCUT2D eigenvalue weighted by molar-refractivity contribution is 5.46. The standard InChI is InChI=1S/C18H21N7/c1-13-10-24(17-9-15(19)20-12-21-17)11-18-23-22-16(25(13)18)8-7-14-5-3-2-4-6-14/h2-6,9,12-13H,7-8,10-11H2,1H3,(H2,19,20,21)/t13-/m0/s1. The Morgan fingerprint density at radius 1 is 1.12 bits per heavy atom. The van der Waals surface area contributed by atoms with Gasteiger partial charge in [-0.3, -0.25) is 0 Å². The average molecular weight is 335 g/mol. The number of anilines is 2. The Balaban J connectivity index is 1.53. The van der Waals surface area contributed by atoms with Gasteiger partial charge in [0.1, 0.15) is 23.8 Å². The molecule has 128 valence electrons. The van der Waals surface area contributed by atoms with Crippen LogP contribution in [-0.4, -0.2) is 31.3 Å². The van der Waals surface area contributed by atoms with Crippen LogP contribution in [0.25, 0.3) is 0 Å². The first-order chi connectivity index (χ1) is 12.2. The van der Waals surface area contributed by atoms with Gasteiger partial charge in [0.25, 0.3) is 0 Å². The van der Waals surface area contributed by atoms with Crippen LogP contribution in [0, 0.1) is 0 Å². The number of benzene rings is 1. The summed E-state index contributed by atoms with van der Waals surface area (Å²) in [5.41, 5.74) is 7.10. The molecule has 0 spiro atoms. The van der Waals surface area contributed by atoms with Gasteiger partial charge in [-0.15, -0.1) is 10.2 Å². The lowest BCUT2D eigenvalue weighted by Gasteiger charge is -2.33. The van der Waals surface area contributed by atoms with E-state index in [2.05, 4.69) is 60.8 Å². The summed E-state index contributed by atoms with van der Waals surface area (Å²) in [6.07, 6.45) is 3.36. The van der Waals surface area contributed by atoms with E-state index in [9.17, 15) is 0 Å². The maximum atomic E-state index is 5.78. The number of hydrogen-bond donors (Lipinski definition) is 1. The minimum Gasteiger partial charge on any atom is -0.384 e. The van der Waals surface area contributed by atoms with Gasteiger partial charge in [0.15, 0.2) is 5.82 Å². The van der Waals surface area contributed by atoms with E-state index < -0.39 is 0 Å². The lowest BCUT2D eigenvalue weighted by atomic mass is 10.1. The Bertz CT molecular complexity index is 859. The topological polar surface area (TPSA) is 85.8 Å². The smallest absolute Gasteiger partial charge is 0.152 e. The summed E-state index contributed by atoms with van der Waals surface area (Å²) in [4.78, 5) is 10.5. The summed E-state index contributed by atoms with van der Waals surface area (Å²) < 4.78 is 2.27. The Kier molecular flexibility index (Phi) is 4.05. The first kappa shape index (κ1) is 15.6. The third-order valence-corrected chi connectivity index (χ3v) is 4.57. The molecular weight excluding hydrogens is 314 g/mol. The minimum absolute atomic E-state index is 0.278. The predicted octanol–water partition coefficient (Wildman–Crippen LogP) is 2.02. The monoisotopic (exact) mass is 335 g/mol. The van der Waals surface area contributed by atoms with Crippen LogP contribution in [0.1, 0.15) is 30.2 Å². The molecule has 2 N–H and O–H groups in total. The number of nitrogens with two attached hydrogens (primary N) is 1. The zero-order chi connectivity index (χ0) is 17.2. The highest BCUT2D eigenvalue weighted by Gasteiger charge is 2.27. The summed E-state index contributed by atoms with van der Waals surface area (Å²) in [6.45, 7) is 3.72. The maximum Gasteiger partial charge on any atom is 0.152 e. The molecule has 0 unspecified atom stereocenters. The lowest BCUT2D eigenvalue weighted by molar-refractivity contribution is 0.447. The molecule has 0 aliphatic carbocycles. The molecule has 3 heterocycles. The molecule has 0 saturated carbocycles. The number of rotatable bonds is 4. The fraction of sp³-hybridized carbons (Fsp3) is 0.333. The lowest BCUT2D eigenvalue weighted by Crippen LogP contribution is -2.37. The van der Waals surface area contributed by atoms with Crippen molar-refractivity contribution in [2.24, 2.45) is 0 Å². The molecule has 1 aromatic carbocycles. The van der Waals surface area contributed by atoms with Gasteiger partial charge in [0.2, 0.25) is 0 Å². The second-order valence-electron chi connectivity index (χ2n) is 6.42. The van der Waals surface area contributed by atoms with Crippen molar-refractivity contribution in [1.82, 2.24) is 24.7 Å². The molecule has 0 amide bonds. The number of aryl methyl sites for hydroxylation is 2.